The van der Waals surface area contributed by atoms with Gasteiger partial charge >= 0.3 is 0 Å². The van der Waals surface area contributed by atoms with Gasteiger partial charge in [0.25, 0.3) is 0 Å². The fourth-order valence-electron chi connectivity index (χ4n) is 2.45. The van der Waals surface area contributed by atoms with Crippen LogP contribution in [0.15, 0.2) is 29.6 Å². The van der Waals surface area contributed by atoms with Crippen molar-refractivity contribution >= 4 is 28.6 Å². The number of benzene rings is 1. The highest BCUT2D eigenvalue weighted by atomic mass is 35.5. The van der Waals surface area contributed by atoms with Gasteiger partial charge in [0.2, 0.25) is 0 Å². The molecule has 2 aromatic rings. The summed E-state index contributed by atoms with van der Waals surface area (Å²) in [6.07, 6.45) is 1.04. The molecule has 88 valence electrons. The Bertz CT molecular complexity index is 533. The molecule has 1 unspecified atom stereocenters. The van der Waals surface area contributed by atoms with Crippen molar-refractivity contribution in [3.05, 3.63) is 50.7 Å². The van der Waals surface area contributed by atoms with Gasteiger partial charge in [-0.1, -0.05) is 23.7 Å². The number of rotatable bonds is 1. The molecule has 0 spiro atoms. The minimum absolute atomic E-state index is 0.557. The molecule has 1 aliphatic heterocycles. The number of fused-ring (bicyclic) bond motifs is 1. The van der Waals surface area contributed by atoms with E-state index < -0.39 is 0 Å². The molecule has 0 amide bonds. The van der Waals surface area contributed by atoms with Crippen LogP contribution >= 0.6 is 22.9 Å². The van der Waals surface area contributed by atoms with Crippen molar-refractivity contribution in [2.75, 3.05) is 11.9 Å². The van der Waals surface area contributed by atoms with E-state index in [0.717, 1.165) is 18.0 Å². The molecule has 0 fully saturated rings. The molecule has 1 atom stereocenters. The molecule has 1 N–H and O–H groups in total. The standard InChI is InChI=1S/C14H14ClNS/c1-9-4-5-12(15)11-7-10(8-16-14(9)11)13-3-2-6-17-13/h2-6,10,16H,7-8H2,1H3. The number of thiophene rings is 1. The van der Waals surface area contributed by atoms with E-state index in [9.17, 15) is 0 Å². The number of aryl methyl sites for hydroxylation is 1. The molecule has 17 heavy (non-hydrogen) atoms. The van der Waals surface area contributed by atoms with Crippen LogP contribution in [-0.2, 0) is 6.42 Å². The Morgan fingerprint density at radius 3 is 3.00 bits per heavy atom. The Balaban J connectivity index is 1.98. The maximum Gasteiger partial charge on any atom is 0.0459 e. The third-order valence-corrected chi connectivity index (χ3v) is 4.77. The SMILES string of the molecule is Cc1ccc(Cl)c2c1NCC(c1cccs1)C2. The topological polar surface area (TPSA) is 12.0 Å². The second-order valence-electron chi connectivity index (χ2n) is 4.52. The Morgan fingerprint density at radius 2 is 2.24 bits per heavy atom. The third-order valence-electron chi connectivity index (χ3n) is 3.39. The summed E-state index contributed by atoms with van der Waals surface area (Å²) in [7, 11) is 0. The van der Waals surface area contributed by atoms with Crippen LogP contribution in [0.5, 0.6) is 0 Å². The molecule has 0 bridgehead atoms. The average molecular weight is 264 g/mol. The molecular formula is C14H14ClNS. The van der Waals surface area contributed by atoms with Crippen molar-refractivity contribution in [3.8, 4) is 0 Å². The predicted molar refractivity (Wildman–Crippen MR) is 75.4 cm³/mol. The summed E-state index contributed by atoms with van der Waals surface area (Å²) >= 11 is 8.14. The Morgan fingerprint density at radius 1 is 1.35 bits per heavy atom. The van der Waals surface area contributed by atoms with Crippen molar-refractivity contribution in [2.24, 2.45) is 0 Å². The number of halogens is 1. The average Bonchev–Trinajstić information content (AvgIpc) is 2.87. The molecule has 0 radical (unpaired) electrons. The van der Waals surface area contributed by atoms with Gasteiger partial charge in [-0.2, -0.15) is 0 Å². The van der Waals surface area contributed by atoms with Crippen molar-refractivity contribution in [2.45, 2.75) is 19.3 Å². The van der Waals surface area contributed by atoms with Crippen molar-refractivity contribution in [3.63, 3.8) is 0 Å². The first kappa shape index (κ1) is 11.1. The smallest absolute Gasteiger partial charge is 0.0459 e. The third kappa shape index (κ3) is 1.96. The van der Waals surface area contributed by atoms with E-state index in [4.69, 9.17) is 11.6 Å². The van der Waals surface area contributed by atoms with E-state index in [1.54, 1.807) is 0 Å². The van der Waals surface area contributed by atoms with E-state index in [1.165, 1.54) is 21.7 Å². The van der Waals surface area contributed by atoms with Crippen molar-refractivity contribution in [1.29, 1.82) is 0 Å². The largest absolute Gasteiger partial charge is 0.384 e. The molecule has 0 aliphatic carbocycles. The fraction of sp³-hybridized carbons (Fsp3) is 0.286. The maximum absolute atomic E-state index is 6.30. The van der Waals surface area contributed by atoms with Gasteiger partial charge in [-0.3, -0.25) is 0 Å². The first-order chi connectivity index (χ1) is 8.25. The molecule has 2 heterocycles. The highest BCUT2D eigenvalue weighted by molar-refractivity contribution is 7.10. The zero-order valence-electron chi connectivity index (χ0n) is 9.66. The lowest BCUT2D eigenvalue weighted by molar-refractivity contribution is 0.706. The first-order valence-corrected chi connectivity index (χ1v) is 7.06. The van der Waals surface area contributed by atoms with Crippen LogP contribution in [0, 0.1) is 6.92 Å². The van der Waals surface area contributed by atoms with E-state index in [-0.39, 0.29) is 0 Å². The summed E-state index contributed by atoms with van der Waals surface area (Å²) in [5.41, 5.74) is 3.80. The Labute approximate surface area is 110 Å². The summed E-state index contributed by atoms with van der Waals surface area (Å²) in [6.45, 7) is 3.14. The number of hydrogen-bond acceptors (Lipinski definition) is 2. The van der Waals surface area contributed by atoms with E-state index in [1.807, 2.05) is 17.4 Å². The summed E-state index contributed by atoms with van der Waals surface area (Å²) in [5, 5.41) is 6.56. The summed E-state index contributed by atoms with van der Waals surface area (Å²) < 4.78 is 0. The Kier molecular flexibility index (Phi) is 2.85. The van der Waals surface area contributed by atoms with Gasteiger partial charge in [0.1, 0.15) is 0 Å². The molecular weight excluding hydrogens is 250 g/mol. The van der Waals surface area contributed by atoms with Crippen molar-refractivity contribution in [1.82, 2.24) is 0 Å². The van der Waals surface area contributed by atoms with Gasteiger partial charge in [-0.15, -0.1) is 11.3 Å². The summed E-state index contributed by atoms with van der Waals surface area (Å²) in [5.74, 6) is 0.557. The molecule has 1 aliphatic rings. The molecule has 1 aromatic carbocycles. The van der Waals surface area contributed by atoms with Crippen LogP contribution in [0.25, 0.3) is 0 Å². The minimum Gasteiger partial charge on any atom is -0.384 e. The summed E-state index contributed by atoms with van der Waals surface area (Å²) in [4.78, 5) is 1.45. The van der Waals surface area contributed by atoms with Crippen LogP contribution in [-0.4, -0.2) is 6.54 Å². The van der Waals surface area contributed by atoms with Gasteiger partial charge in [-0.05, 0) is 42.0 Å². The van der Waals surface area contributed by atoms with E-state index in [2.05, 4.69) is 35.8 Å². The molecule has 0 saturated carbocycles. The highest BCUT2D eigenvalue weighted by Gasteiger charge is 2.23. The van der Waals surface area contributed by atoms with Gasteiger partial charge in [0, 0.05) is 28.0 Å². The fourth-order valence-corrected chi connectivity index (χ4v) is 3.52. The number of anilines is 1. The lowest BCUT2D eigenvalue weighted by Crippen LogP contribution is -2.21. The van der Waals surface area contributed by atoms with E-state index in [0.29, 0.717) is 5.92 Å². The van der Waals surface area contributed by atoms with Gasteiger partial charge in [0.15, 0.2) is 0 Å². The lowest BCUT2D eigenvalue weighted by atomic mass is 9.91. The van der Waals surface area contributed by atoms with Gasteiger partial charge in [0.05, 0.1) is 0 Å². The number of hydrogen-bond donors (Lipinski definition) is 1. The van der Waals surface area contributed by atoms with Crippen LogP contribution in [0.1, 0.15) is 21.9 Å². The zero-order chi connectivity index (χ0) is 11.8. The van der Waals surface area contributed by atoms with Gasteiger partial charge in [-0.25, -0.2) is 0 Å². The zero-order valence-corrected chi connectivity index (χ0v) is 11.2. The molecule has 3 rings (SSSR count). The normalized spacial score (nSPS) is 18.6. The van der Waals surface area contributed by atoms with E-state index >= 15 is 0 Å². The highest BCUT2D eigenvalue weighted by Crippen LogP contribution is 2.37. The molecule has 0 saturated heterocycles. The first-order valence-electron chi connectivity index (χ1n) is 5.81. The van der Waals surface area contributed by atoms with Gasteiger partial charge < -0.3 is 5.32 Å². The second kappa shape index (κ2) is 4.35. The lowest BCUT2D eigenvalue weighted by Gasteiger charge is -2.27. The second-order valence-corrected chi connectivity index (χ2v) is 5.90. The van der Waals surface area contributed by atoms with Crippen LogP contribution in [0.3, 0.4) is 0 Å². The van der Waals surface area contributed by atoms with Crippen molar-refractivity contribution < 1.29 is 0 Å². The van der Waals surface area contributed by atoms with Crippen LogP contribution < -0.4 is 5.32 Å². The molecule has 1 aromatic heterocycles. The monoisotopic (exact) mass is 263 g/mol. The van der Waals surface area contributed by atoms with Crippen LogP contribution in [0.4, 0.5) is 5.69 Å². The minimum atomic E-state index is 0.557. The van der Waals surface area contributed by atoms with Crippen LogP contribution in [0.2, 0.25) is 5.02 Å². The molecule has 3 heteroatoms. The molecule has 1 nitrogen and oxygen atoms in total. The number of nitrogens with one attached hydrogen (secondary N) is 1. The maximum atomic E-state index is 6.30. The quantitative estimate of drug-likeness (QED) is 0.801. The predicted octanol–water partition coefficient (Wildman–Crippen LogP) is 4.46. The Hall–Kier alpha value is -0.990. The summed E-state index contributed by atoms with van der Waals surface area (Å²) in [6, 6.07) is 8.42.